The van der Waals surface area contributed by atoms with Crippen molar-refractivity contribution in [2.24, 2.45) is 82.3 Å². The van der Waals surface area contributed by atoms with Crippen LogP contribution in [0.15, 0.2) is 49.3 Å². The van der Waals surface area contributed by atoms with Gasteiger partial charge in [-0.05, 0) is 71.0 Å². The number of carboxylic acid groups (broad SMARTS) is 4. The molecular weight excluding hydrogens is 1580 g/mol. The van der Waals surface area contributed by atoms with Gasteiger partial charge in [0.1, 0.15) is 36.7 Å². The minimum atomic E-state index is -3.75. The number of carbonyl (C=O) groups is 14. The van der Waals surface area contributed by atoms with Gasteiger partial charge in [-0.15, -0.1) is 0 Å². The molecule has 93 heavy (non-hydrogen) atoms. The quantitative estimate of drug-likeness (QED) is 0.00682. The second kappa shape index (κ2) is 51.8. The Morgan fingerprint density at radius 2 is 0.796 bits per heavy atom. The molecule has 2 aliphatic rings. The molecule has 0 aromatic carbocycles. The molecule has 0 saturated heterocycles. The lowest BCUT2D eigenvalue weighted by molar-refractivity contribution is -0.144. The average molecular weight is 1670 g/mol. The molecule has 0 radical (unpaired) electrons. The molecule has 5 unspecified atom stereocenters. The standard InChI is InChI=1S/C13H19N5O5.C12H17N5O5.C9H16IN3O3.C8H16IN5O2.C8H15IN4O3/c14-13(15)16-6-1-2-8(12(22)23)17-9(19)5-7-18-10(20)3-4-11(18)21;13-12(14)15-5-1-2-7(11(21)22)16-8(18)6-17-9(19)3-4-10(17)20;1-6(11)12-4-2-3-7(9(15)16)13-8(14)5-10;9-4-6(15)14-5(7(10)16)2-1-3-13-8(11)12;9-4-6(14)13-5(7(15)16)2-1-3-12-8(10)11/h3-4,8H,1-2,5-7H2,(H,17,19)(H,22,23)(H4,14,15,16);3-4,7H,1-2,5-6H2,(H,16,18)(H,21,22)(H4,13,14,15);7H,2-5H2,1H3,(H2,11,12)(H,13,14)(H,15,16);5H,1-4H2,(H2,10,16)(H,14,15)(H4,11,12,13);5H,1-4H2,(H,13,14)(H,15,16)(H4,10,11,12)/i;;;;1D2,2D2,3D2,5D. The lowest BCUT2D eigenvalue weighted by Crippen LogP contribution is -2.47. The highest BCUT2D eigenvalue weighted by atomic mass is 127. The van der Waals surface area contributed by atoms with Gasteiger partial charge in [-0.1, -0.05) is 67.8 Å². The number of aliphatic carboxylic acids is 4. The molecule has 2 rings (SSSR count). The van der Waals surface area contributed by atoms with Crippen LogP contribution in [-0.4, -0.2) is 232 Å². The lowest BCUT2D eigenvalue weighted by Gasteiger charge is -2.17. The normalized spacial score (nSPS) is 15.3. The van der Waals surface area contributed by atoms with E-state index in [0.717, 1.165) is 29.2 Å². The van der Waals surface area contributed by atoms with Crippen LogP contribution in [0.4, 0.5) is 0 Å². The summed E-state index contributed by atoms with van der Waals surface area (Å²) in [5.41, 5.74) is 51.2. The molecule has 0 bridgehead atoms. The van der Waals surface area contributed by atoms with Gasteiger partial charge in [0, 0.05) is 75.4 Å². The molecule has 0 saturated carbocycles. The van der Waals surface area contributed by atoms with Crippen LogP contribution in [0.1, 0.15) is 87.1 Å². The Hall–Kier alpha value is -8.80. The maximum atomic E-state index is 11.8. The van der Waals surface area contributed by atoms with Gasteiger partial charge < -0.3 is 104 Å². The minimum Gasteiger partial charge on any atom is -0.480 e. The molecule has 0 aromatic heterocycles. The van der Waals surface area contributed by atoms with Crippen molar-refractivity contribution >= 4 is 180 Å². The number of hydrogen-bond donors (Lipinski definition) is 19. The van der Waals surface area contributed by atoms with Crippen LogP contribution in [0.5, 0.6) is 0 Å². The first-order valence-corrected chi connectivity index (χ1v) is 31.2. The minimum absolute atomic E-state index is 0.00641. The molecular formula is C50H83I3N22O18. The number of nitrogens with zero attached hydrogens (tertiary/aromatic N) is 7. The SMILES string of the molecule is CC(N)=NCCCC(NC(=O)CI)C(=O)O.NC(=O)C(CCCN=C(N)N)NC(=O)CI.NC(N)=NCCCC(NC(=O)CCN1C(=O)C=CC1=O)C(=O)O.NC(N)=NCCCC(NC(=O)CN1C(=O)C=CC1=O)C(=O)O.[2H]C([2H])(N=C(N)N)C([2H])([2H])C([2H])([2H])C([2H])(NC(=O)CI)C(=O)O. The highest BCUT2D eigenvalue weighted by molar-refractivity contribution is 14.1. The van der Waals surface area contributed by atoms with Crippen LogP contribution < -0.4 is 83.9 Å². The van der Waals surface area contributed by atoms with E-state index in [1.807, 2.05) is 45.2 Å². The Morgan fingerprint density at radius 3 is 1.13 bits per heavy atom. The summed E-state index contributed by atoms with van der Waals surface area (Å²) in [6.07, 6.45) is -0.384. The van der Waals surface area contributed by atoms with Crippen molar-refractivity contribution in [3.8, 4) is 0 Å². The summed E-state index contributed by atoms with van der Waals surface area (Å²) in [4.78, 5) is 177. The Kier molecular flexibility index (Phi) is 41.7. The van der Waals surface area contributed by atoms with Gasteiger partial charge in [0.2, 0.25) is 35.4 Å². The fourth-order valence-electron chi connectivity index (χ4n) is 6.18. The third-order valence-corrected chi connectivity index (χ3v) is 12.4. The number of carboxylic acids is 4. The number of amides is 10. The van der Waals surface area contributed by atoms with E-state index in [1.54, 1.807) is 12.2 Å². The molecule has 0 aromatic rings. The molecule has 29 N–H and O–H groups in total. The van der Waals surface area contributed by atoms with Crippen molar-refractivity contribution < 1.29 is 97.1 Å². The predicted molar refractivity (Wildman–Crippen MR) is 363 cm³/mol. The van der Waals surface area contributed by atoms with E-state index in [2.05, 4.69) is 46.2 Å². The average Bonchev–Trinajstić information content (AvgIpc) is 0.881. The molecule has 10 amide bonds. The van der Waals surface area contributed by atoms with Crippen LogP contribution in [-0.2, 0) is 67.1 Å². The molecule has 0 aliphatic carbocycles. The van der Waals surface area contributed by atoms with Gasteiger partial charge in [0.15, 0.2) is 23.8 Å². The third kappa shape index (κ3) is 47.7. The number of nitrogens with one attached hydrogen (secondary N) is 5. The van der Waals surface area contributed by atoms with E-state index < -0.39 is 133 Å². The lowest BCUT2D eigenvalue weighted by atomic mass is 10.1. The monoisotopic (exact) mass is 1670 g/mol. The van der Waals surface area contributed by atoms with Crippen molar-refractivity contribution in [3.63, 3.8) is 0 Å². The molecule has 2 heterocycles. The van der Waals surface area contributed by atoms with E-state index in [4.69, 9.17) is 87.4 Å². The summed E-state index contributed by atoms with van der Waals surface area (Å²) in [6, 6.07) is -7.25. The first-order valence-electron chi connectivity index (χ1n) is 30.1. The van der Waals surface area contributed by atoms with E-state index in [9.17, 15) is 67.1 Å². The highest BCUT2D eigenvalue weighted by Gasteiger charge is 2.29. The topological polar surface area (TPSA) is 709 Å². The van der Waals surface area contributed by atoms with Gasteiger partial charge in [0.05, 0.1) is 23.2 Å². The van der Waals surface area contributed by atoms with Gasteiger partial charge in [-0.2, -0.15) is 0 Å². The molecule has 5 atom stereocenters. The zero-order valence-electron chi connectivity index (χ0n) is 56.9. The number of halogens is 3. The number of guanidine groups is 4. The summed E-state index contributed by atoms with van der Waals surface area (Å²) < 4.78 is 53.5. The fraction of sp³-hybridized carbons (Fsp3) is 0.540. The number of aliphatic imine (C=N–C) groups is 5. The van der Waals surface area contributed by atoms with Crippen LogP contribution in [0.2, 0.25) is 0 Å². The van der Waals surface area contributed by atoms with Crippen molar-refractivity contribution in [2.45, 2.75) is 108 Å². The van der Waals surface area contributed by atoms with E-state index in [1.165, 1.54) is 22.6 Å². The van der Waals surface area contributed by atoms with Crippen molar-refractivity contribution in [3.05, 3.63) is 24.3 Å². The number of amidine groups is 1. The highest BCUT2D eigenvalue weighted by Crippen LogP contribution is 2.08. The maximum Gasteiger partial charge on any atom is 0.326 e. The van der Waals surface area contributed by atoms with Crippen LogP contribution in [0, 0.1) is 0 Å². The number of imide groups is 2. The Bertz CT molecular complexity index is 3010. The van der Waals surface area contributed by atoms with Crippen molar-refractivity contribution in [1.29, 1.82) is 0 Å². The van der Waals surface area contributed by atoms with Crippen LogP contribution in [0.3, 0.4) is 0 Å². The smallest absolute Gasteiger partial charge is 0.326 e. The predicted octanol–water partition coefficient (Wildman–Crippen LogP) is -6.90. The largest absolute Gasteiger partial charge is 0.480 e. The molecule has 43 heteroatoms. The molecule has 522 valence electrons. The van der Waals surface area contributed by atoms with E-state index >= 15 is 0 Å². The summed E-state index contributed by atoms with van der Waals surface area (Å²) >= 11 is 5.31. The first-order chi connectivity index (χ1) is 46.1. The Balaban J connectivity index is -0.00000119. The zero-order chi connectivity index (χ0) is 78.1. The summed E-state index contributed by atoms with van der Waals surface area (Å²) in [6.45, 7) is -0.990. The van der Waals surface area contributed by atoms with E-state index in [-0.39, 0.29) is 81.9 Å². The van der Waals surface area contributed by atoms with Gasteiger partial charge in [0.25, 0.3) is 23.6 Å². The second-order valence-electron chi connectivity index (χ2n) is 17.9. The number of hydrogen-bond acceptors (Lipinski definition) is 19. The van der Waals surface area contributed by atoms with Crippen molar-refractivity contribution in [2.75, 3.05) is 59.0 Å². The molecule has 0 fully saturated rings. The second-order valence-corrected chi connectivity index (χ2v) is 20.2. The number of carbonyl (C=O) groups excluding carboxylic acids is 10. The van der Waals surface area contributed by atoms with Gasteiger partial charge in [-0.3, -0.25) is 82.7 Å². The first kappa shape index (κ1) is 74.9. The number of nitrogens with two attached hydrogens (primary N) is 10. The van der Waals surface area contributed by atoms with Crippen molar-refractivity contribution in [1.82, 2.24) is 36.4 Å². The zero-order valence-corrected chi connectivity index (χ0v) is 56.4. The van der Waals surface area contributed by atoms with Crippen LogP contribution >= 0.6 is 67.8 Å². The Morgan fingerprint density at radius 1 is 0.473 bits per heavy atom. The maximum absolute atomic E-state index is 11.8. The number of primary amides is 1. The van der Waals surface area contributed by atoms with Crippen LogP contribution in [0.25, 0.3) is 0 Å². The Labute approximate surface area is 583 Å². The van der Waals surface area contributed by atoms with Gasteiger partial charge >= 0.3 is 23.9 Å². The van der Waals surface area contributed by atoms with Gasteiger partial charge in [-0.25, -0.2) is 19.2 Å². The fourth-order valence-corrected chi connectivity index (χ4v) is 6.81. The summed E-state index contributed by atoms with van der Waals surface area (Å²) in [5, 5.41) is 47.1. The van der Waals surface area contributed by atoms with E-state index in [0.29, 0.717) is 62.3 Å². The molecule has 0 spiro atoms. The molecule has 2 aliphatic heterocycles. The third-order valence-electron chi connectivity index (χ3n) is 10.4. The number of rotatable bonds is 38. The summed E-state index contributed by atoms with van der Waals surface area (Å²) in [5.74, 6) is -11.9. The number of alkyl halides is 3. The molecule has 40 nitrogen and oxygen atoms in total. The summed E-state index contributed by atoms with van der Waals surface area (Å²) in [7, 11) is 0.